The van der Waals surface area contributed by atoms with Crippen LogP contribution >= 0.6 is 43.5 Å². The van der Waals surface area contributed by atoms with Gasteiger partial charge in [0.15, 0.2) is 0 Å². The monoisotopic (exact) mass is 405 g/mol. The maximum absolute atomic E-state index is 14.0. The van der Waals surface area contributed by atoms with Crippen molar-refractivity contribution in [1.82, 2.24) is 0 Å². The predicted octanol–water partition coefficient (Wildman–Crippen LogP) is 5.36. The summed E-state index contributed by atoms with van der Waals surface area (Å²) in [5.74, 6) is -0.369. The first-order valence-corrected chi connectivity index (χ1v) is 7.52. The highest BCUT2D eigenvalue weighted by atomic mass is 79.9. The first-order valence-electron chi connectivity index (χ1n) is 5.56. The SMILES string of the molecule is Cc1cc(Br)ccc1C(N)c1cc(Cl)c(Br)cc1F. The average Bonchev–Trinajstić information content (AvgIpc) is 2.33. The fourth-order valence-electron chi connectivity index (χ4n) is 1.93. The van der Waals surface area contributed by atoms with Gasteiger partial charge < -0.3 is 5.73 Å². The molecule has 0 saturated carbocycles. The number of benzene rings is 2. The lowest BCUT2D eigenvalue weighted by Gasteiger charge is -2.17. The molecule has 1 nitrogen and oxygen atoms in total. The number of hydrogen-bond acceptors (Lipinski definition) is 1. The Morgan fingerprint density at radius 1 is 1.16 bits per heavy atom. The highest BCUT2D eigenvalue weighted by Gasteiger charge is 2.17. The van der Waals surface area contributed by atoms with Crippen molar-refractivity contribution >= 4 is 43.5 Å². The van der Waals surface area contributed by atoms with Crippen molar-refractivity contribution in [1.29, 1.82) is 0 Å². The summed E-state index contributed by atoms with van der Waals surface area (Å²) in [4.78, 5) is 0. The molecule has 2 aromatic carbocycles. The molecule has 0 aliphatic rings. The van der Waals surface area contributed by atoms with E-state index < -0.39 is 6.04 Å². The van der Waals surface area contributed by atoms with Crippen LogP contribution in [0.5, 0.6) is 0 Å². The van der Waals surface area contributed by atoms with E-state index >= 15 is 0 Å². The van der Waals surface area contributed by atoms with E-state index in [-0.39, 0.29) is 5.82 Å². The topological polar surface area (TPSA) is 26.0 Å². The van der Waals surface area contributed by atoms with Gasteiger partial charge in [0.1, 0.15) is 5.82 Å². The number of hydrogen-bond donors (Lipinski definition) is 1. The normalized spacial score (nSPS) is 12.5. The molecule has 2 rings (SSSR count). The Balaban J connectivity index is 2.49. The maximum atomic E-state index is 14.0. The van der Waals surface area contributed by atoms with Crippen LogP contribution in [0.2, 0.25) is 5.02 Å². The lowest BCUT2D eigenvalue weighted by atomic mass is 9.95. The molecule has 100 valence electrons. The summed E-state index contributed by atoms with van der Waals surface area (Å²) in [6.45, 7) is 1.94. The molecule has 0 bridgehead atoms. The van der Waals surface area contributed by atoms with Crippen LogP contribution in [0.15, 0.2) is 39.3 Å². The molecule has 0 spiro atoms. The zero-order chi connectivity index (χ0) is 14.2. The molecule has 0 aliphatic heterocycles. The van der Waals surface area contributed by atoms with Crippen LogP contribution in [0.25, 0.3) is 0 Å². The van der Waals surface area contributed by atoms with Crippen molar-refractivity contribution in [3.05, 3.63) is 66.8 Å². The largest absolute Gasteiger partial charge is 0.320 e. The summed E-state index contributed by atoms with van der Waals surface area (Å²) < 4.78 is 15.5. The molecule has 19 heavy (non-hydrogen) atoms. The minimum Gasteiger partial charge on any atom is -0.320 e. The molecule has 0 saturated heterocycles. The van der Waals surface area contributed by atoms with Crippen molar-refractivity contribution in [2.45, 2.75) is 13.0 Å². The minimum atomic E-state index is -0.543. The Labute approximate surface area is 133 Å². The average molecular weight is 408 g/mol. The number of halogens is 4. The lowest BCUT2D eigenvalue weighted by Crippen LogP contribution is -2.15. The highest BCUT2D eigenvalue weighted by Crippen LogP contribution is 2.32. The van der Waals surface area contributed by atoms with E-state index in [0.29, 0.717) is 15.1 Å². The molecule has 2 N–H and O–H groups in total. The van der Waals surface area contributed by atoms with Crippen molar-refractivity contribution in [2.24, 2.45) is 5.73 Å². The summed E-state index contributed by atoms with van der Waals surface area (Å²) in [7, 11) is 0. The second-order valence-electron chi connectivity index (χ2n) is 4.27. The van der Waals surface area contributed by atoms with Crippen LogP contribution in [-0.2, 0) is 0 Å². The second kappa shape index (κ2) is 5.92. The van der Waals surface area contributed by atoms with Gasteiger partial charge in [-0.2, -0.15) is 0 Å². The molecule has 0 aromatic heterocycles. The molecule has 0 radical (unpaired) electrons. The molecular weight excluding hydrogens is 396 g/mol. The minimum absolute atomic E-state index is 0.369. The Morgan fingerprint density at radius 3 is 2.47 bits per heavy atom. The van der Waals surface area contributed by atoms with Crippen LogP contribution in [0.1, 0.15) is 22.7 Å². The third kappa shape index (κ3) is 3.19. The number of rotatable bonds is 2. The molecule has 1 atom stereocenters. The van der Waals surface area contributed by atoms with Crippen LogP contribution in [0.3, 0.4) is 0 Å². The Hall–Kier alpha value is -0.420. The third-order valence-electron chi connectivity index (χ3n) is 2.94. The summed E-state index contributed by atoms with van der Waals surface area (Å²) in [5.41, 5.74) is 8.42. The maximum Gasteiger partial charge on any atom is 0.129 e. The molecule has 0 heterocycles. The van der Waals surface area contributed by atoms with Gasteiger partial charge >= 0.3 is 0 Å². The molecule has 0 aliphatic carbocycles. The van der Waals surface area contributed by atoms with Crippen LogP contribution in [-0.4, -0.2) is 0 Å². The summed E-state index contributed by atoms with van der Waals surface area (Å²) >= 11 is 12.6. The predicted molar refractivity (Wildman–Crippen MR) is 84.0 cm³/mol. The summed E-state index contributed by atoms with van der Waals surface area (Å²) in [6, 6.07) is 8.09. The quantitative estimate of drug-likeness (QED) is 0.667. The zero-order valence-corrected chi connectivity index (χ0v) is 14.0. The van der Waals surface area contributed by atoms with E-state index in [1.807, 2.05) is 25.1 Å². The molecule has 1 unspecified atom stereocenters. The second-order valence-corrected chi connectivity index (χ2v) is 6.44. The van der Waals surface area contributed by atoms with E-state index in [1.54, 1.807) is 6.07 Å². The van der Waals surface area contributed by atoms with Gasteiger partial charge in [-0.15, -0.1) is 0 Å². The van der Waals surface area contributed by atoms with E-state index in [9.17, 15) is 4.39 Å². The highest BCUT2D eigenvalue weighted by molar-refractivity contribution is 9.10. The van der Waals surface area contributed by atoms with Crippen molar-refractivity contribution in [3.63, 3.8) is 0 Å². The first-order chi connectivity index (χ1) is 8.90. The van der Waals surface area contributed by atoms with Gasteiger partial charge in [0.2, 0.25) is 0 Å². The summed E-state index contributed by atoms with van der Waals surface area (Å²) in [5, 5.41) is 0.446. The van der Waals surface area contributed by atoms with Gasteiger partial charge in [0.05, 0.1) is 11.1 Å². The molecule has 0 fully saturated rings. The van der Waals surface area contributed by atoms with Crippen LogP contribution in [0, 0.1) is 12.7 Å². The van der Waals surface area contributed by atoms with E-state index in [2.05, 4.69) is 31.9 Å². The van der Waals surface area contributed by atoms with Gasteiger partial charge in [-0.05, 0) is 58.2 Å². The van der Waals surface area contributed by atoms with Gasteiger partial charge in [-0.3, -0.25) is 0 Å². The standard InChI is InChI=1S/C14H11Br2ClFN/c1-7-4-8(15)2-3-9(7)14(19)10-5-12(17)11(16)6-13(10)18/h2-6,14H,19H2,1H3. The fourth-order valence-corrected chi connectivity index (χ4v) is 2.89. The molecule has 2 aromatic rings. The number of nitrogens with two attached hydrogens (primary N) is 1. The molecular formula is C14H11Br2ClFN. The van der Waals surface area contributed by atoms with E-state index in [4.69, 9.17) is 17.3 Å². The van der Waals surface area contributed by atoms with Gasteiger partial charge in [0.25, 0.3) is 0 Å². The van der Waals surface area contributed by atoms with Gasteiger partial charge in [0, 0.05) is 14.5 Å². The Bertz CT molecular complexity index is 631. The van der Waals surface area contributed by atoms with E-state index in [1.165, 1.54) is 6.07 Å². The van der Waals surface area contributed by atoms with Crippen LogP contribution in [0.4, 0.5) is 4.39 Å². The van der Waals surface area contributed by atoms with Crippen molar-refractivity contribution in [3.8, 4) is 0 Å². The fraction of sp³-hybridized carbons (Fsp3) is 0.143. The summed E-state index contributed by atoms with van der Waals surface area (Å²) in [6.07, 6.45) is 0. The number of aryl methyl sites for hydroxylation is 1. The Kier molecular flexibility index (Phi) is 4.66. The van der Waals surface area contributed by atoms with Crippen LogP contribution < -0.4 is 5.73 Å². The zero-order valence-electron chi connectivity index (χ0n) is 10.1. The van der Waals surface area contributed by atoms with Gasteiger partial charge in [-0.25, -0.2) is 4.39 Å². The first kappa shape index (κ1) is 15.0. The lowest BCUT2D eigenvalue weighted by molar-refractivity contribution is 0.598. The van der Waals surface area contributed by atoms with Crippen molar-refractivity contribution < 1.29 is 4.39 Å². The van der Waals surface area contributed by atoms with Crippen molar-refractivity contribution in [2.75, 3.05) is 0 Å². The van der Waals surface area contributed by atoms with Gasteiger partial charge in [-0.1, -0.05) is 33.6 Å². The molecule has 5 heteroatoms. The Morgan fingerprint density at radius 2 is 1.84 bits per heavy atom. The smallest absolute Gasteiger partial charge is 0.129 e. The van der Waals surface area contributed by atoms with E-state index in [0.717, 1.165) is 15.6 Å². The third-order valence-corrected chi connectivity index (χ3v) is 4.63. The molecule has 0 amide bonds.